The summed E-state index contributed by atoms with van der Waals surface area (Å²) in [5.74, 6) is 1.37. The van der Waals surface area contributed by atoms with Crippen molar-refractivity contribution in [2.45, 2.75) is 45.8 Å². The lowest BCUT2D eigenvalue weighted by Crippen LogP contribution is -2.32. The molecule has 0 bridgehead atoms. The number of hydrogen-bond donors (Lipinski definition) is 1. The molecular formula is C26H29NO3. The fourth-order valence-corrected chi connectivity index (χ4v) is 3.19. The van der Waals surface area contributed by atoms with Crippen LogP contribution in [0.25, 0.3) is 0 Å². The second kappa shape index (κ2) is 9.49. The highest BCUT2D eigenvalue weighted by Crippen LogP contribution is 2.33. The maximum absolute atomic E-state index is 11.8. The van der Waals surface area contributed by atoms with E-state index >= 15 is 0 Å². The molecule has 0 fully saturated rings. The van der Waals surface area contributed by atoms with Gasteiger partial charge >= 0.3 is 6.09 Å². The second-order valence-corrected chi connectivity index (χ2v) is 8.14. The first-order valence-corrected chi connectivity index (χ1v) is 10.2. The lowest BCUT2D eigenvalue weighted by Gasteiger charge is -2.26. The van der Waals surface area contributed by atoms with E-state index in [1.807, 2.05) is 68.4 Å². The predicted octanol–water partition coefficient (Wildman–Crippen LogP) is 6.09. The molecule has 156 valence electrons. The molecule has 0 heterocycles. The molecule has 0 aliphatic rings. The Labute approximate surface area is 178 Å². The van der Waals surface area contributed by atoms with Gasteiger partial charge in [0.05, 0.1) is 0 Å². The summed E-state index contributed by atoms with van der Waals surface area (Å²) in [7, 11) is 0. The zero-order chi connectivity index (χ0) is 21.6. The van der Waals surface area contributed by atoms with Gasteiger partial charge in [-0.3, -0.25) is 0 Å². The van der Waals surface area contributed by atoms with Gasteiger partial charge in [0.25, 0.3) is 0 Å². The maximum Gasteiger partial charge on any atom is 0.412 e. The summed E-state index contributed by atoms with van der Waals surface area (Å²) in [4.78, 5) is 11.8. The number of carbonyl (C=O) groups excluding carboxylic acids is 1. The van der Waals surface area contributed by atoms with Crippen molar-refractivity contribution < 1.29 is 14.3 Å². The molecule has 0 saturated carbocycles. The highest BCUT2D eigenvalue weighted by atomic mass is 16.6. The fourth-order valence-electron chi connectivity index (χ4n) is 3.19. The normalized spacial score (nSPS) is 11.2. The van der Waals surface area contributed by atoms with Crippen molar-refractivity contribution >= 4 is 6.09 Å². The number of benzene rings is 3. The molecule has 3 aromatic rings. The van der Waals surface area contributed by atoms with Crippen molar-refractivity contribution in [2.24, 2.45) is 0 Å². The molecule has 0 unspecified atom stereocenters. The second-order valence-electron chi connectivity index (χ2n) is 8.14. The lowest BCUT2D eigenvalue weighted by molar-refractivity contribution is 0.197. The molecule has 0 radical (unpaired) electrons. The van der Waals surface area contributed by atoms with Crippen LogP contribution in [0.1, 0.15) is 44.4 Å². The summed E-state index contributed by atoms with van der Waals surface area (Å²) in [6.45, 7) is 8.69. The number of amides is 1. The van der Waals surface area contributed by atoms with E-state index in [4.69, 9.17) is 9.47 Å². The zero-order valence-electron chi connectivity index (χ0n) is 18.0. The Morgan fingerprint density at radius 1 is 0.833 bits per heavy atom. The Kier molecular flexibility index (Phi) is 6.78. The largest absolute Gasteiger partial charge is 0.489 e. The number of nitrogens with one attached hydrogen (secondary N) is 1. The van der Waals surface area contributed by atoms with Crippen LogP contribution in [0.4, 0.5) is 4.79 Å². The van der Waals surface area contributed by atoms with Gasteiger partial charge in [-0.25, -0.2) is 4.79 Å². The highest BCUT2D eigenvalue weighted by Gasteiger charge is 2.23. The Hall–Kier alpha value is -3.27. The molecule has 0 saturated heterocycles. The summed E-state index contributed by atoms with van der Waals surface area (Å²) in [6.07, 6.45) is -0.442. The first-order chi connectivity index (χ1) is 14.3. The van der Waals surface area contributed by atoms with Crippen molar-refractivity contribution in [3.8, 4) is 11.5 Å². The third kappa shape index (κ3) is 5.63. The van der Waals surface area contributed by atoms with Crippen molar-refractivity contribution in [3.63, 3.8) is 0 Å². The van der Waals surface area contributed by atoms with Gasteiger partial charge in [0.2, 0.25) is 0 Å². The molecule has 3 rings (SSSR count). The van der Waals surface area contributed by atoms with Crippen LogP contribution in [-0.4, -0.2) is 12.1 Å². The third-order valence-electron chi connectivity index (χ3n) is 5.02. The van der Waals surface area contributed by atoms with Gasteiger partial charge in [0.1, 0.15) is 18.1 Å². The molecule has 30 heavy (non-hydrogen) atoms. The van der Waals surface area contributed by atoms with E-state index < -0.39 is 6.09 Å². The van der Waals surface area contributed by atoms with Gasteiger partial charge in [-0.1, -0.05) is 68.4 Å². The van der Waals surface area contributed by atoms with Crippen LogP contribution >= 0.6 is 0 Å². The lowest BCUT2D eigenvalue weighted by atomic mass is 9.78. The molecule has 1 amide bonds. The molecule has 0 spiro atoms. The Morgan fingerprint density at radius 3 is 1.90 bits per heavy atom. The Bertz CT molecular complexity index is 946. The smallest absolute Gasteiger partial charge is 0.412 e. The fraction of sp³-hybridized carbons (Fsp3) is 0.269. The van der Waals surface area contributed by atoms with E-state index in [-0.39, 0.29) is 11.5 Å². The van der Waals surface area contributed by atoms with Crippen molar-refractivity contribution in [3.05, 3.63) is 95.6 Å². The van der Waals surface area contributed by atoms with Crippen molar-refractivity contribution in [2.75, 3.05) is 0 Å². The molecule has 0 aliphatic carbocycles. The van der Waals surface area contributed by atoms with Crippen LogP contribution < -0.4 is 14.8 Å². The highest BCUT2D eigenvalue weighted by molar-refractivity contribution is 5.70. The van der Waals surface area contributed by atoms with Crippen molar-refractivity contribution in [1.82, 2.24) is 5.32 Å². The standard InChI is InChI=1S/C26H29NO3/c1-19(2)27-25(28)30-24-16-12-22(13-17-24)26(3,4)21-10-14-23(15-11-21)29-18-20-8-6-5-7-9-20/h5-17,19H,18H2,1-4H3,(H,27,28). The third-order valence-corrected chi connectivity index (χ3v) is 5.02. The number of carbonyl (C=O) groups is 1. The van der Waals surface area contributed by atoms with Crippen molar-refractivity contribution in [1.29, 1.82) is 0 Å². The van der Waals surface area contributed by atoms with E-state index in [0.29, 0.717) is 12.4 Å². The summed E-state index contributed by atoms with van der Waals surface area (Å²) < 4.78 is 11.2. The van der Waals surface area contributed by atoms with Gasteiger partial charge < -0.3 is 14.8 Å². The summed E-state index contributed by atoms with van der Waals surface area (Å²) in [5, 5.41) is 2.71. The molecule has 1 N–H and O–H groups in total. The van der Waals surface area contributed by atoms with E-state index in [9.17, 15) is 4.79 Å². The Balaban J connectivity index is 1.65. The van der Waals surface area contributed by atoms with Crippen LogP contribution in [0.5, 0.6) is 11.5 Å². The minimum Gasteiger partial charge on any atom is -0.489 e. The average Bonchev–Trinajstić information content (AvgIpc) is 2.73. The van der Waals surface area contributed by atoms with E-state index in [0.717, 1.165) is 16.9 Å². The van der Waals surface area contributed by atoms with Gasteiger partial charge in [0, 0.05) is 11.5 Å². The summed E-state index contributed by atoms with van der Waals surface area (Å²) >= 11 is 0. The number of hydrogen-bond acceptors (Lipinski definition) is 3. The molecule has 3 aromatic carbocycles. The first-order valence-electron chi connectivity index (χ1n) is 10.2. The summed E-state index contributed by atoms with van der Waals surface area (Å²) in [5.41, 5.74) is 3.26. The zero-order valence-corrected chi connectivity index (χ0v) is 18.0. The minimum absolute atomic E-state index is 0.0374. The number of ether oxygens (including phenoxy) is 2. The predicted molar refractivity (Wildman–Crippen MR) is 120 cm³/mol. The maximum atomic E-state index is 11.8. The molecule has 4 heteroatoms. The molecule has 0 atom stereocenters. The number of rotatable bonds is 7. The van der Waals surface area contributed by atoms with Crippen LogP contribution in [0.2, 0.25) is 0 Å². The van der Waals surface area contributed by atoms with Crippen LogP contribution in [0.3, 0.4) is 0 Å². The molecular weight excluding hydrogens is 374 g/mol. The summed E-state index contributed by atoms with van der Waals surface area (Å²) in [6, 6.07) is 26.0. The van der Waals surface area contributed by atoms with E-state index in [1.54, 1.807) is 0 Å². The van der Waals surface area contributed by atoms with Crippen LogP contribution in [-0.2, 0) is 12.0 Å². The SMILES string of the molecule is CC(C)NC(=O)Oc1ccc(C(C)(C)c2ccc(OCc3ccccc3)cc2)cc1. The van der Waals surface area contributed by atoms with E-state index in [1.165, 1.54) is 5.56 Å². The van der Waals surface area contributed by atoms with E-state index in [2.05, 4.69) is 43.4 Å². The van der Waals surface area contributed by atoms with Gasteiger partial charge in [-0.2, -0.15) is 0 Å². The quantitative estimate of drug-likeness (QED) is 0.519. The van der Waals surface area contributed by atoms with Crippen LogP contribution in [0, 0.1) is 0 Å². The minimum atomic E-state index is -0.442. The van der Waals surface area contributed by atoms with Crippen LogP contribution in [0.15, 0.2) is 78.9 Å². The van der Waals surface area contributed by atoms with Gasteiger partial charge in [0.15, 0.2) is 0 Å². The topological polar surface area (TPSA) is 47.6 Å². The monoisotopic (exact) mass is 403 g/mol. The molecule has 0 aromatic heterocycles. The average molecular weight is 404 g/mol. The van der Waals surface area contributed by atoms with Gasteiger partial charge in [-0.15, -0.1) is 0 Å². The Morgan fingerprint density at radius 2 is 1.37 bits per heavy atom. The molecule has 0 aliphatic heterocycles. The van der Waals surface area contributed by atoms with Gasteiger partial charge in [-0.05, 0) is 54.8 Å². The molecule has 4 nitrogen and oxygen atoms in total. The first kappa shape index (κ1) is 21.4.